The first-order chi connectivity index (χ1) is 10.5. The Balaban J connectivity index is 0.00000192. The molecule has 0 atom stereocenters. The second-order valence-electron chi connectivity index (χ2n) is 4.73. The quantitative estimate of drug-likeness (QED) is 0.427. The lowest BCUT2D eigenvalue weighted by atomic mass is 10.1. The third-order valence-corrected chi connectivity index (χ3v) is 4.35. The van der Waals surface area contributed by atoms with Crippen LogP contribution >= 0.6 is 23.7 Å². The molecule has 23 heavy (non-hydrogen) atoms. The van der Waals surface area contributed by atoms with Crippen LogP contribution in [0.15, 0.2) is 52.9 Å². The molecule has 6 N–H and O–H groups in total. The molecule has 3 rings (SSSR count). The number of hydrogen-bond donors (Lipinski definition) is 4. The fraction of sp³-hybridized carbons (Fsp3) is 0. The molecule has 0 unspecified atom stereocenters. The minimum Gasteiger partial charge on any atom is -0.452 e. The fourth-order valence-corrected chi connectivity index (χ4v) is 3.03. The summed E-state index contributed by atoms with van der Waals surface area (Å²) in [5, 5.41) is 14.8. The predicted molar refractivity (Wildman–Crippen MR) is 96.7 cm³/mol. The number of amidine groups is 2. The number of benzene rings is 1. The molecule has 1 aromatic carbocycles. The molecule has 0 fully saturated rings. The average Bonchev–Trinajstić information content (AvgIpc) is 3.16. The van der Waals surface area contributed by atoms with E-state index < -0.39 is 0 Å². The largest absolute Gasteiger partial charge is 0.452 e. The maximum absolute atomic E-state index is 7.40. The van der Waals surface area contributed by atoms with Crippen molar-refractivity contribution < 1.29 is 4.42 Å². The van der Waals surface area contributed by atoms with Gasteiger partial charge in [-0.05, 0) is 29.8 Å². The summed E-state index contributed by atoms with van der Waals surface area (Å²) in [6.07, 6.45) is 0. The topological polar surface area (TPSA) is 113 Å². The first kappa shape index (κ1) is 16.8. The van der Waals surface area contributed by atoms with Crippen LogP contribution < -0.4 is 11.5 Å². The third kappa shape index (κ3) is 3.44. The van der Waals surface area contributed by atoms with Gasteiger partial charge in [0.1, 0.15) is 11.6 Å². The highest BCUT2D eigenvalue weighted by Crippen LogP contribution is 2.35. The van der Waals surface area contributed by atoms with Crippen molar-refractivity contribution in [3.63, 3.8) is 0 Å². The first-order valence-electron chi connectivity index (χ1n) is 6.54. The summed E-state index contributed by atoms with van der Waals surface area (Å²) in [7, 11) is 0. The van der Waals surface area contributed by atoms with E-state index >= 15 is 0 Å². The second kappa shape index (κ2) is 6.68. The normalized spacial score (nSPS) is 10.1. The molecule has 0 spiro atoms. The van der Waals surface area contributed by atoms with Gasteiger partial charge in [-0.1, -0.05) is 24.3 Å². The van der Waals surface area contributed by atoms with Crippen LogP contribution in [0.2, 0.25) is 0 Å². The molecule has 0 saturated heterocycles. The van der Waals surface area contributed by atoms with E-state index in [-0.39, 0.29) is 24.1 Å². The molecule has 3 aromatic rings. The maximum Gasteiger partial charge on any atom is 0.169 e. The molecule has 0 radical (unpaired) electrons. The lowest BCUT2D eigenvalue weighted by Gasteiger charge is -2.00. The zero-order chi connectivity index (χ0) is 15.7. The van der Waals surface area contributed by atoms with Gasteiger partial charge in [0, 0.05) is 10.4 Å². The van der Waals surface area contributed by atoms with Crippen LogP contribution in [-0.4, -0.2) is 11.7 Å². The molecule has 0 saturated carbocycles. The van der Waals surface area contributed by atoms with Gasteiger partial charge in [0.05, 0.1) is 4.88 Å². The van der Waals surface area contributed by atoms with Crippen LogP contribution in [0.1, 0.15) is 11.3 Å². The number of rotatable bonds is 4. The van der Waals surface area contributed by atoms with Gasteiger partial charge in [0.2, 0.25) is 0 Å². The van der Waals surface area contributed by atoms with Crippen LogP contribution in [0.4, 0.5) is 0 Å². The van der Waals surface area contributed by atoms with Gasteiger partial charge in [0.15, 0.2) is 11.6 Å². The standard InChI is InChI=1S/C16H14N4OS.ClH/c17-15(18)10-3-1-9(2-4-10)13-7-8-14(22-13)11-5-6-12(21-11)16(19)20;/h1-8H,(H3,17,18)(H3,19,20);1H. The zero-order valence-corrected chi connectivity index (χ0v) is 13.6. The van der Waals surface area contributed by atoms with Crippen LogP contribution in [0.25, 0.3) is 21.1 Å². The van der Waals surface area contributed by atoms with Crippen molar-refractivity contribution in [2.45, 2.75) is 0 Å². The minimum atomic E-state index is -0.0807. The summed E-state index contributed by atoms with van der Waals surface area (Å²) >= 11 is 1.59. The van der Waals surface area contributed by atoms with E-state index in [4.69, 9.17) is 26.7 Å². The van der Waals surface area contributed by atoms with Gasteiger partial charge in [0.25, 0.3) is 0 Å². The van der Waals surface area contributed by atoms with Crippen LogP contribution in [0.5, 0.6) is 0 Å². The molecule has 0 amide bonds. The number of thiophene rings is 1. The zero-order valence-electron chi connectivity index (χ0n) is 12.0. The van der Waals surface area contributed by atoms with Gasteiger partial charge in [-0.3, -0.25) is 10.8 Å². The Morgan fingerprint density at radius 3 is 2.04 bits per heavy atom. The van der Waals surface area contributed by atoms with Crippen molar-refractivity contribution in [3.05, 3.63) is 59.9 Å². The Labute approximate surface area is 143 Å². The van der Waals surface area contributed by atoms with Crippen molar-refractivity contribution in [1.82, 2.24) is 0 Å². The fourth-order valence-electron chi connectivity index (χ4n) is 2.05. The molecule has 7 heteroatoms. The number of nitrogen functional groups attached to an aromatic ring is 2. The number of furan rings is 1. The predicted octanol–water partition coefficient (Wildman–Crippen LogP) is 3.67. The third-order valence-electron chi connectivity index (χ3n) is 3.20. The number of halogens is 1. The number of nitrogens with two attached hydrogens (primary N) is 2. The number of hydrogen-bond acceptors (Lipinski definition) is 4. The molecule has 2 heterocycles. The van der Waals surface area contributed by atoms with Crippen molar-refractivity contribution in [2.75, 3.05) is 0 Å². The second-order valence-corrected chi connectivity index (χ2v) is 5.82. The van der Waals surface area contributed by atoms with Gasteiger partial charge >= 0.3 is 0 Å². The number of nitrogens with one attached hydrogen (secondary N) is 2. The maximum atomic E-state index is 7.40. The molecule has 2 aromatic heterocycles. The summed E-state index contributed by atoms with van der Waals surface area (Å²) in [6, 6.07) is 15.0. The SMILES string of the molecule is Cl.N=C(N)c1ccc(-c2ccc(-c3ccc(C(=N)N)o3)s2)cc1. The lowest BCUT2D eigenvalue weighted by Crippen LogP contribution is -2.10. The van der Waals surface area contributed by atoms with Crippen molar-refractivity contribution in [1.29, 1.82) is 10.8 Å². The highest BCUT2D eigenvalue weighted by Gasteiger charge is 2.10. The van der Waals surface area contributed by atoms with E-state index in [1.54, 1.807) is 17.4 Å². The summed E-state index contributed by atoms with van der Waals surface area (Å²) in [5.41, 5.74) is 12.6. The molecular formula is C16H15ClN4OS. The molecule has 0 aliphatic rings. The van der Waals surface area contributed by atoms with E-state index in [2.05, 4.69) is 0 Å². The lowest BCUT2D eigenvalue weighted by molar-refractivity contribution is 0.572. The highest BCUT2D eigenvalue weighted by atomic mass is 35.5. The Morgan fingerprint density at radius 1 is 0.826 bits per heavy atom. The summed E-state index contributed by atoms with van der Waals surface area (Å²) < 4.78 is 5.55. The van der Waals surface area contributed by atoms with Crippen LogP contribution in [-0.2, 0) is 0 Å². The van der Waals surface area contributed by atoms with Gasteiger partial charge < -0.3 is 15.9 Å². The molecule has 0 aliphatic heterocycles. The molecule has 5 nitrogen and oxygen atoms in total. The Kier molecular flexibility index (Phi) is 4.88. The highest BCUT2D eigenvalue weighted by molar-refractivity contribution is 7.18. The summed E-state index contributed by atoms with van der Waals surface area (Å²) in [4.78, 5) is 2.06. The molecule has 0 aliphatic carbocycles. The first-order valence-corrected chi connectivity index (χ1v) is 7.35. The van der Waals surface area contributed by atoms with E-state index in [1.807, 2.05) is 42.5 Å². The van der Waals surface area contributed by atoms with E-state index in [1.165, 1.54) is 0 Å². The van der Waals surface area contributed by atoms with Crippen molar-refractivity contribution >= 4 is 35.4 Å². The van der Waals surface area contributed by atoms with E-state index in [9.17, 15) is 0 Å². The summed E-state index contributed by atoms with van der Waals surface area (Å²) in [6.45, 7) is 0. The van der Waals surface area contributed by atoms with Crippen LogP contribution in [0, 0.1) is 10.8 Å². The molecule has 118 valence electrons. The Morgan fingerprint density at radius 2 is 1.48 bits per heavy atom. The Hall–Kier alpha value is -2.57. The van der Waals surface area contributed by atoms with Crippen molar-refractivity contribution in [3.8, 4) is 21.1 Å². The molecular weight excluding hydrogens is 332 g/mol. The monoisotopic (exact) mass is 346 g/mol. The van der Waals surface area contributed by atoms with Crippen molar-refractivity contribution in [2.24, 2.45) is 11.5 Å². The van der Waals surface area contributed by atoms with E-state index in [0.717, 1.165) is 15.3 Å². The van der Waals surface area contributed by atoms with Gasteiger partial charge in [-0.2, -0.15) is 0 Å². The average molecular weight is 347 g/mol. The van der Waals surface area contributed by atoms with Crippen LogP contribution in [0.3, 0.4) is 0 Å². The summed E-state index contributed by atoms with van der Waals surface area (Å²) in [5.74, 6) is 1.05. The van der Waals surface area contributed by atoms with Gasteiger partial charge in [-0.15, -0.1) is 23.7 Å². The smallest absolute Gasteiger partial charge is 0.169 e. The van der Waals surface area contributed by atoms with Gasteiger partial charge in [-0.25, -0.2) is 0 Å². The molecule has 0 bridgehead atoms. The Bertz CT molecular complexity index is 851. The van der Waals surface area contributed by atoms with E-state index in [0.29, 0.717) is 17.1 Å². The minimum absolute atomic E-state index is 0.